The Morgan fingerprint density at radius 1 is 1.63 bits per heavy atom. The van der Waals surface area contributed by atoms with Gasteiger partial charge in [-0.25, -0.2) is 0 Å². The number of carbonyl (C=O) groups excluding carboxylic acids is 1. The maximum atomic E-state index is 12.2. The molecule has 1 aliphatic heterocycles. The molecule has 2 atom stereocenters. The van der Waals surface area contributed by atoms with E-state index in [0.717, 1.165) is 19.6 Å². The van der Waals surface area contributed by atoms with Crippen LogP contribution in [0, 0.1) is 11.8 Å². The van der Waals surface area contributed by atoms with Crippen molar-refractivity contribution in [1.82, 2.24) is 10.2 Å². The first kappa shape index (κ1) is 14.5. The second-order valence-electron chi connectivity index (χ2n) is 5.62. The summed E-state index contributed by atoms with van der Waals surface area (Å²) in [6.45, 7) is 5.17. The lowest BCUT2D eigenvalue weighted by atomic mass is 9.85. The second-order valence-corrected chi connectivity index (χ2v) is 6.65. The van der Waals surface area contributed by atoms with Crippen molar-refractivity contribution < 1.29 is 4.79 Å². The number of hydrogen-bond acceptors (Lipinski definition) is 3. The summed E-state index contributed by atoms with van der Waals surface area (Å²) in [4.78, 5) is 15.3. The zero-order chi connectivity index (χ0) is 13.7. The predicted molar refractivity (Wildman–Crippen MR) is 80.2 cm³/mol. The molecule has 0 saturated carbocycles. The molecule has 3 nitrogen and oxygen atoms in total. The molecule has 1 fully saturated rings. The molecule has 2 unspecified atom stereocenters. The van der Waals surface area contributed by atoms with E-state index in [0.29, 0.717) is 18.3 Å². The first-order valence-electron chi connectivity index (χ1n) is 7.14. The number of amides is 1. The summed E-state index contributed by atoms with van der Waals surface area (Å²) in [6.07, 6.45) is 3.18. The van der Waals surface area contributed by atoms with Crippen molar-refractivity contribution in [2.24, 2.45) is 11.8 Å². The van der Waals surface area contributed by atoms with E-state index in [1.165, 1.54) is 17.7 Å². The van der Waals surface area contributed by atoms with E-state index in [9.17, 15) is 4.79 Å². The molecule has 0 aromatic carbocycles. The highest BCUT2D eigenvalue weighted by Crippen LogP contribution is 2.23. The minimum Gasteiger partial charge on any atom is -0.341 e. The molecular formula is C15H24N2OS. The topological polar surface area (TPSA) is 32.3 Å². The Balaban J connectivity index is 1.79. The normalized spacial score (nSPS) is 21.1. The highest BCUT2D eigenvalue weighted by Gasteiger charge is 2.23. The van der Waals surface area contributed by atoms with Gasteiger partial charge in [0.2, 0.25) is 5.91 Å². The monoisotopic (exact) mass is 280 g/mol. The van der Waals surface area contributed by atoms with E-state index in [2.05, 4.69) is 23.7 Å². The van der Waals surface area contributed by atoms with Gasteiger partial charge in [0.25, 0.3) is 0 Å². The highest BCUT2D eigenvalue weighted by atomic mass is 32.1. The van der Waals surface area contributed by atoms with Crippen LogP contribution in [-0.4, -0.2) is 30.9 Å². The van der Waals surface area contributed by atoms with Gasteiger partial charge < -0.3 is 10.2 Å². The van der Waals surface area contributed by atoms with Gasteiger partial charge in [-0.05, 0) is 49.2 Å². The summed E-state index contributed by atoms with van der Waals surface area (Å²) in [5, 5.41) is 5.49. The van der Waals surface area contributed by atoms with E-state index >= 15 is 0 Å². The van der Waals surface area contributed by atoms with Crippen LogP contribution in [0.4, 0.5) is 0 Å². The van der Waals surface area contributed by atoms with Crippen molar-refractivity contribution in [2.75, 3.05) is 20.1 Å². The quantitative estimate of drug-likeness (QED) is 0.899. The molecule has 106 valence electrons. The van der Waals surface area contributed by atoms with Crippen molar-refractivity contribution in [3.8, 4) is 0 Å². The molecular weight excluding hydrogens is 256 g/mol. The zero-order valence-electron chi connectivity index (χ0n) is 11.9. The van der Waals surface area contributed by atoms with Crippen molar-refractivity contribution in [2.45, 2.75) is 32.7 Å². The molecule has 1 N–H and O–H groups in total. The number of carbonyl (C=O) groups is 1. The molecule has 1 aromatic rings. The van der Waals surface area contributed by atoms with Crippen molar-refractivity contribution in [1.29, 1.82) is 0 Å². The lowest BCUT2D eigenvalue weighted by Gasteiger charge is -2.29. The summed E-state index contributed by atoms with van der Waals surface area (Å²) < 4.78 is 0. The summed E-state index contributed by atoms with van der Waals surface area (Å²) in [5.41, 5.74) is 0. The van der Waals surface area contributed by atoms with Crippen LogP contribution in [-0.2, 0) is 11.3 Å². The highest BCUT2D eigenvalue weighted by molar-refractivity contribution is 7.09. The first-order valence-corrected chi connectivity index (χ1v) is 8.02. The maximum absolute atomic E-state index is 12.2. The van der Waals surface area contributed by atoms with Gasteiger partial charge in [-0.3, -0.25) is 4.79 Å². The SMILES string of the molecule is CC(CC(=O)N(C)Cc1cccs1)C1CCCNC1. The van der Waals surface area contributed by atoms with E-state index in [4.69, 9.17) is 0 Å². The van der Waals surface area contributed by atoms with Gasteiger partial charge in [0, 0.05) is 18.3 Å². The molecule has 0 spiro atoms. The van der Waals surface area contributed by atoms with Crippen LogP contribution in [0.2, 0.25) is 0 Å². The molecule has 1 aromatic heterocycles. The largest absolute Gasteiger partial charge is 0.341 e. The summed E-state index contributed by atoms with van der Waals surface area (Å²) in [5.74, 6) is 1.41. The summed E-state index contributed by atoms with van der Waals surface area (Å²) >= 11 is 1.71. The number of hydrogen-bond donors (Lipinski definition) is 1. The maximum Gasteiger partial charge on any atom is 0.222 e. The van der Waals surface area contributed by atoms with Crippen LogP contribution in [0.15, 0.2) is 17.5 Å². The molecule has 1 saturated heterocycles. The van der Waals surface area contributed by atoms with Crippen LogP contribution in [0.5, 0.6) is 0 Å². The Morgan fingerprint density at radius 2 is 2.47 bits per heavy atom. The molecule has 19 heavy (non-hydrogen) atoms. The van der Waals surface area contributed by atoms with Crippen LogP contribution in [0.3, 0.4) is 0 Å². The van der Waals surface area contributed by atoms with E-state index in [-0.39, 0.29) is 5.91 Å². The van der Waals surface area contributed by atoms with Crippen molar-refractivity contribution in [3.05, 3.63) is 22.4 Å². The van der Waals surface area contributed by atoms with E-state index < -0.39 is 0 Å². The summed E-state index contributed by atoms with van der Waals surface area (Å²) in [7, 11) is 1.91. The van der Waals surface area contributed by atoms with E-state index in [1.54, 1.807) is 11.3 Å². The van der Waals surface area contributed by atoms with Crippen LogP contribution >= 0.6 is 11.3 Å². The lowest BCUT2D eigenvalue weighted by molar-refractivity contribution is -0.131. The number of thiophene rings is 1. The Hall–Kier alpha value is -0.870. The van der Waals surface area contributed by atoms with Gasteiger partial charge in [0.1, 0.15) is 0 Å². The molecule has 0 aliphatic carbocycles. The molecule has 1 amide bonds. The fourth-order valence-corrected chi connectivity index (χ4v) is 3.44. The molecule has 2 rings (SSSR count). The Morgan fingerprint density at radius 3 is 3.11 bits per heavy atom. The van der Waals surface area contributed by atoms with Crippen molar-refractivity contribution >= 4 is 17.2 Å². The second kappa shape index (κ2) is 7.06. The van der Waals surface area contributed by atoms with Crippen molar-refractivity contribution in [3.63, 3.8) is 0 Å². The smallest absolute Gasteiger partial charge is 0.222 e. The third-order valence-electron chi connectivity index (χ3n) is 4.04. The van der Waals surface area contributed by atoms with Gasteiger partial charge in [0.05, 0.1) is 6.54 Å². The molecule has 0 bridgehead atoms. The third kappa shape index (κ3) is 4.32. The number of nitrogens with one attached hydrogen (secondary N) is 1. The molecule has 1 aliphatic rings. The average molecular weight is 280 g/mol. The molecule has 4 heteroatoms. The Kier molecular flexibility index (Phi) is 5.40. The fraction of sp³-hybridized carbons (Fsp3) is 0.667. The minimum atomic E-state index is 0.270. The average Bonchev–Trinajstić information content (AvgIpc) is 2.92. The third-order valence-corrected chi connectivity index (χ3v) is 4.90. The van der Waals surface area contributed by atoms with Gasteiger partial charge in [0.15, 0.2) is 0 Å². The van der Waals surface area contributed by atoms with E-state index in [1.807, 2.05) is 18.0 Å². The lowest BCUT2D eigenvalue weighted by Crippen LogP contribution is -2.36. The zero-order valence-corrected chi connectivity index (χ0v) is 12.7. The standard InChI is InChI=1S/C15H24N2OS/c1-12(13-5-3-7-16-10-13)9-15(18)17(2)11-14-6-4-8-19-14/h4,6,8,12-13,16H,3,5,7,9-11H2,1-2H3. The minimum absolute atomic E-state index is 0.270. The predicted octanol–water partition coefficient (Wildman–Crippen LogP) is 2.73. The van der Waals surface area contributed by atoms with Gasteiger partial charge in [-0.15, -0.1) is 11.3 Å². The van der Waals surface area contributed by atoms with Crippen LogP contribution < -0.4 is 5.32 Å². The number of piperidine rings is 1. The fourth-order valence-electron chi connectivity index (χ4n) is 2.69. The summed E-state index contributed by atoms with van der Waals surface area (Å²) in [6, 6.07) is 4.12. The Labute approximate surface area is 120 Å². The molecule has 2 heterocycles. The van der Waals surface area contributed by atoms with Crippen LogP contribution in [0.1, 0.15) is 31.1 Å². The van der Waals surface area contributed by atoms with Gasteiger partial charge in [-0.2, -0.15) is 0 Å². The first-order chi connectivity index (χ1) is 9.16. The number of rotatable bonds is 5. The van der Waals surface area contributed by atoms with Gasteiger partial charge >= 0.3 is 0 Å². The van der Waals surface area contributed by atoms with Crippen LogP contribution in [0.25, 0.3) is 0 Å². The molecule has 0 radical (unpaired) electrons. The van der Waals surface area contributed by atoms with Gasteiger partial charge in [-0.1, -0.05) is 13.0 Å². The Bertz CT molecular complexity index is 385. The number of nitrogens with zero attached hydrogens (tertiary/aromatic N) is 1.